The van der Waals surface area contributed by atoms with Crippen LogP contribution in [0.1, 0.15) is 29.2 Å². The van der Waals surface area contributed by atoms with Gasteiger partial charge in [-0.05, 0) is 36.0 Å². The Bertz CT molecular complexity index is 767. The molecule has 0 radical (unpaired) electrons. The van der Waals surface area contributed by atoms with Gasteiger partial charge in [-0.2, -0.15) is 0 Å². The number of nitrogens with zero attached hydrogens (tertiary/aromatic N) is 2. The van der Waals surface area contributed by atoms with Crippen LogP contribution < -0.4 is 33.9 Å². The van der Waals surface area contributed by atoms with Crippen LogP contribution in [0.15, 0.2) is 73.3 Å². The molecule has 0 aliphatic rings. The molecule has 0 fully saturated rings. The minimum absolute atomic E-state index is 0. The number of rotatable bonds is 6. The second-order valence-electron chi connectivity index (χ2n) is 6.42. The Hall–Kier alpha value is -1.90. The van der Waals surface area contributed by atoms with Gasteiger partial charge in [-0.1, -0.05) is 31.2 Å². The van der Waals surface area contributed by atoms with Crippen molar-refractivity contribution in [3.8, 4) is 0 Å². The van der Waals surface area contributed by atoms with Crippen LogP contribution in [0, 0.1) is 0 Å². The molecular formula is C22H26Cl2N2. The van der Waals surface area contributed by atoms with Gasteiger partial charge < -0.3 is 24.8 Å². The van der Waals surface area contributed by atoms with E-state index in [1.807, 2.05) is 0 Å². The summed E-state index contributed by atoms with van der Waals surface area (Å²) in [6.45, 7) is 3.12. The summed E-state index contributed by atoms with van der Waals surface area (Å²) in [6.07, 6.45) is 11.9. The zero-order chi connectivity index (χ0) is 16.8. The monoisotopic (exact) mass is 388 g/mol. The molecular weight excluding hydrogens is 363 g/mol. The zero-order valence-corrected chi connectivity index (χ0v) is 16.9. The molecule has 0 saturated carbocycles. The summed E-state index contributed by atoms with van der Waals surface area (Å²) < 4.78 is 4.31. The number of benzene rings is 1. The standard InChI is InChI=1S/C22H26N2.2ClH/c1-3-19-4-8-22(9-5-19)18-24-16-12-21(13-17-24)7-6-20-10-14-23(2)15-11-20;;/h4-5,8-17H,3,6-7,18H2,1-2H3;2*1H/q+2;;/p-2. The lowest BCUT2D eigenvalue weighted by Gasteiger charge is -2.03. The van der Waals surface area contributed by atoms with Crippen LogP contribution in [0.3, 0.4) is 0 Å². The lowest BCUT2D eigenvalue weighted by Crippen LogP contribution is -3.00. The fourth-order valence-electron chi connectivity index (χ4n) is 2.84. The molecule has 0 bridgehead atoms. The molecule has 0 spiro atoms. The lowest BCUT2D eigenvalue weighted by atomic mass is 10.1. The van der Waals surface area contributed by atoms with Gasteiger partial charge in [-0.25, -0.2) is 9.13 Å². The topological polar surface area (TPSA) is 7.76 Å². The fourth-order valence-corrected chi connectivity index (χ4v) is 2.84. The molecule has 0 unspecified atom stereocenters. The van der Waals surface area contributed by atoms with Gasteiger partial charge in [0.1, 0.15) is 7.05 Å². The van der Waals surface area contributed by atoms with Crippen molar-refractivity contribution in [2.24, 2.45) is 7.05 Å². The maximum absolute atomic E-state index is 2.24. The predicted molar refractivity (Wildman–Crippen MR) is 96.6 cm³/mol. The molecule has 26 heavy (non-hydrogen) atoms. The van der Waals surface area contributed by atoms with Gasteiger partial charge in [0, 0.05) is 29.8 Å². The van der Waals surface area contributed by atoms with Crippen LogP contribution in [-0.2, 0) is 32.9 Å². The van der Waals surface area contributed by atoms with Crippen molar-refractivity contribution >= 4 is 0 Å². The molecule has 0 saturated heterocycles. The van der Waals surface area contributed by atoms with E-state index in [1.54, 1.807) is 0 Å². The Morgan fingerprint density at radius 1 is 0.615 bits per heavy atom. The summed E-state index contributed by atoms with van der Waals surface area (Å²) in [5.74, 6) is 0. The highest BCUT2D eigenvalue weighted by atomic mass is 35.5. The first-order valence-corrected chi connectivity index (χ1v) is 8.73. The van der Waals surface area contributed by atoms with Crippen LogP contribution in [0.4, 0.5) is 0 Å². The van der Waals surface area contributed by atoms with Crippen LogP contribution in [0.2, 0.25) is 0 Å². The van der Waals surface area contributed by atoms with E-state index < -0.39 is 0 Å². The average molecular weight is 389 g/mol. The average Bonchev–Trinajstić information content (AvgIpc) is 2.63. The Morgan fingerprint density at radius 2 is 1.08 bits per heavy atom. The number of aryl methyl sites for hydroxylation is 4. The summed E-state index contributed by atoms with van der Waals surface area (Å²) in [5, 5.41) is 0. The summed E-state index contributed by atoms with van der Waals surface area (Å²) in [7, 11) is 2.05. The molecule has 0 amide bonds. The van der Waals surface area contributed by atoms with Crippen LogP contribution in [-0.4, -0.2) is 0 Å². The molecule has 0 N–H and O–H groups in total. The third-order valence-electron chi connectivity index (χ3n) is 4.51. The highest BCUT2D eigenvalue weighted by molar-refractivity contribution is 5.21. The predicted octanol–water partition coefficient (Wildman–Crippen LogP) is -2.80. The second kappa shape index (κ2) is 10.9. The van der Waals surface area contributed by atoms with Crippen molar-refractivity contribution in [3.63, 3.8) is 0 Å². The van der Waals surface area contributed by atoms with Gasteiger partial charge >= 0.3 is 0 Å². The summed E-state index contributed by atoms with van der Waals surface area (Å²) >= 11 is 0. The van der Waals surface area contributed by atoms with Crippen molar-refractivity contribution in [1.82, 2.24) is 0 Å². The number of halogens is 2. The third kappa shape index (κ3) is 6.44. The van der Waals surface area contributed by atoms with Gasteiger partial charge in [0.15, 0.2) is 31.3 Å². The minimum atomic E-state index is 0. The first kappa shape index (κ1) is 22.1. The van der Waals surface area contributed by atoms with E-state index in [0.29, 0.717) is 0 Å². The Kier molecular flexibility index (Phi) is 9.32. The first-order valence-electron chi connectivity index (χ1n) is 8.73. The minimum Gasteiger partial charge on any atom is -1.00 e. The summed E-state index contributed by atoms with van der Waals surface area (Å²) in [5.41, 5.74) is 5.53. The lowest BCUT2D eigenvalue weighted by molar-refractivity contribution is -0.688. The van der Waals surface area contributed by atoms with Crippen molar-refractivity contribution < 1.29 is 33.9 Å². The van der Waals surface area contributed by atoms with E-state index in [-0.39, 0.29) is 24.8 Å². The van der Waals surface area contributed by atoms with Gasteiger partial charge in [0.25, 0.3) is 0 Å². The quantitative estimate of drug-likeness (QED) is 0.403. The molecule has 2 heterocycles. The summed E-state index contributed by atoms with van der Waals surface area (Å²) in [4.78, 5) is 0. The Labute approximate surface area is 169 Å². The molecule has 0 atom stereocenters. The number of aromatic nitrogens is 2. The zero-order valence-electron chi connectivity index (χ0n) is 15.4. The van der Waals surface area contributed by atoms with Crippen LogP contribution in [0.25, 0.3) is 0 Å². The van der Waals surface area contributed by atoms with Gasteiger partial charge in [0.05, 0.1) is 0 Å². The summed E-state index contributed by atoms with van der Waals surface area (Å²) in [6, 6.07) is 17.8. The Balaban J connectivity index is 0.00000169. The largest absolute Gasteiger partial charge is 1.00 e. The number of hydrogen-bond acceptors (Lipinski definition) is 0. The van der Waals surface area contributed by atoms with Crippen molar-refractivity contribution in [1.29, 1.82) is 0 Å². The van der Waals surface area contributed by atoms with Crippen molar-refractivity contribution in [2.75, 3.05) is 0 Å². The maximum Gasteiger partial charge on any atom is 0.173 e. The molecule has 3 rings (SSSR count). The molecule has 0 aliphatic carbocycles. The normalized spacial score (nSPS) is 9.92. The van der Waals surface area contributed by atoms with Gasteiger partial charge in [-0.15, -0.1) is 0 Å². The first-order chi connectivity index (χ1) is 11.7. The van der Waals surface area contributed by atoms with Crippen LogP contribution in [0.5, 0.6) is 0 Å². The fraction of sp³-hybridized carbons (Fsp3) is 0.273. The van der Waals surface area contributed by atoms with E-state index in [2.05, 4.69) is 96.4 Å². The SMILES string of the molecule is CCc1ccc(C[n+]2ccc(CCc3cc[n+](C)cc3)cc2)cc1.[Cl-].[Cl-]. The van der Waals surface area contributed by atoms with Crippen LogP contribution >= 0.6 is 0 Å². The molecule has 3 aromatic rings. The van der Waals surface area contributed by atoms with Crippen molar-refractivity contribution in [2.45, 2.75) is 32.7 Å². The van der Waals surface area contributed by atoms with E-state index in [9.17, 15) is 0 Å². The molecule has 2 nitrogen and oxygen atoms in total. The van der Waals surface area contributed by atoms with Gasteiger partial charge in [0.2, 0.25) is 0 Å². The molecule has 138 valence electrons. The third-order valence-corrected chi connectivity index (χ3v) is 4.51. The maximum atomic E-state index is 2.24. The smallest absolute Gasteiger partial charge is 0.173 e. The van der Waals surface area contributed by atoms with E-state index in [1.165, 1.54) is 22.3 Å². The highest BCUT2D eigenvalue weighted by Gasteiger charge is 2.04. The number of pyridine rings is 2. The highest BCUT2D eigenvalue weighted by Crippen LogP contribution is 2.06. The van der Waals surface area contributed by atoms with E-state index >= 15 is 0 Å². The Morgan fingerprint density at radius 3 is 1.58 bits per heavy atom. The van der Waals surface area contributed by atoms with Gasteiger partial charge in [-0.3, -0.25) is 0 Å². The van der Waals surface area contributed by atoms with E-state index in [0.717, 1.165) is 25.8 Å². The molecule has 2 aromatic heterocycles. The van der Waals surface area contributed by atoms with Crippen molar-refractivity contribution in [3.05, 3.63) is 95.6 Å². The second-order valence-corrected chi connectivity index (χ2v) is 6.42. The number of hydrogen-bond donors (Lipinski definition) is 0. The molecule has 4 heteroatoms. The van der Waals surface area contributed by atoms with E-state index in [4.69, 9.17) is 0 Å². The molecule has 0 aliphatic heterocycles. The molecule has 1 aromatic carbocycles.